The second-order valence-electron chi connectivity index (χ2n) is 7.16. The molecule has 2 amide bonds. The molecule has 3 rings (SSSR count). The van der Waals surface area contributed by atoms with Crippen molar-refractivity contribution in [2.45, 2.75) is 12.8 Å². The van der Waals surface area contributed by atoms with E-state index in [9.17, 15) is 9.59 Å². The first-order chi connectivity index (χ1) is 16.0. The minimum Gasteiger partial charge on any atom is -0.497 e. The van der Waals surface area contributed by atoms with E-state index in [1.807, 2.05) is 54.6 Å². The Bertz CT molecular complexity index is 1130. The van der Waals surface area contributed by atoms with Crippen molar-refractivity contribution in [1.82, 2.24) is 5.32 Å². The van der Waals surface area contributed by atoms with E-state index >= 15 is 0 Å². The Labute approximate surface area is 198 Å². The van der Waals surface area contributed by atoms with Gasteiger partial charge in [-0.25, -0.2) is 0 Å². The number of carbonyl (C=O) groups is 2. The monoisotopic (exact) mass is 459 g/mol. The van der Waals surface area contributed by atoms with E-state index in [0.717, 1.165) is 16.9 Å². The third-order valence-electron chi connectivity index (χ3n) is 4.67. The molecule has 0 aliphatic carbocycles. The largest absolute Gasteiger partial charge is 0.497 e. The van der Waals surface area contributed by atoms with Crippen LogP contribution in [-0.2, 0) is 16.0 Å². The molecule has 0 spiro atoms. The van der Waals surface area contributed by atoms with E-state index in [2.05, 4.69) is 16.0 Å². The first-order valence-corrected chi connectivity index (χ1v) is 10.8. The lowest BCUT2D eigenvalue weighted by atomic mass is 10.1. The highest BCUT2D eigenvalue weighted by atomic mass is 32.1. The molecule has 0 radical (unpaired) electrons. The van der Waals surface area contributed by atoms with Gasteiger partial charge in [-0.05, 0) is 66.2 Å². The van der Waals surface area contributed by atoms with Crippen molar-refractivity contribution >= 4 is 46.6 Å². The average molecular weight is 460 g/mol. The number of methoxy groups -OCH3 is 1. The normalized spacial score (nSPS) is 10.5. The Morgan fingerprint density at radius 3 is 2.30 bits per heavy atom. The smallest absolute Gasteiger partial charge is 0.250 e. The summed E-state index contributed by atoms with van der Waals surface area (Å²) in [6, 6.07) is 24.3. The summed E-state index contributed by atoms with van der Waals surface area (Å²) in [7, 11) is 1.60. The van der Waals surface area contributed by atoms with Gasteiger partial charge in [-0.1, -0.05) is 48.5 Å². The molecular weight excluding hydrogens is 434 g/mol. The molecule has 0 aliphatic heterocycles. The molecule has 0 heterocycles. The molecule has 0 unspecified atom stereocenters. The number of rotatable bonds is 8. The van der Waals surface area contributed by atoms with Gasteiger partial charge in [-0.2, -0.15) is 0 Å². The first-order valence-electron chi connectivity index (χ1n) is 10.4. The minimum atomic E-state index is -0.353. The van der Waals surface area contributed by atoms with Crippen LogP contribution in [0, 0.1) is 0 Å². The second-order valence-corrected chi connectivity index (χ2v) is 7.57. The maximum atomic E-state index is 12.3. The van der Waals surface area contributed by atoms with E-state index in [1.54, 1.807) is 37.5 Å². The number of ether oxygens (including phenoxy) is 1. The highest BCUT2D eigenvalue weighted by Gasteiger charge is 2.06. The standard InChI is InChI=1S/C26H25N3O3S/c1-32-23-14-10-20(11-15-23)13-17-25(31)29-26(33)28-22-9-5-8-21(18-22)27-24(30)16-12-19-6-3-2-4-7-19/h2-11,13-15,17-18H,12,16H2,1H3,(H,27,30)(H2,28,29,31,33)/b17-13+. The Kier molecular flexibility index (Phi) is 8.73. The first kappa shape index (κ1) is 23.7. The van der Waals surface area contributed by atoms with Crippen molar-refractivity contribution < 1.29 is 14.3 Å². The van der Waals surface area contributed by atoms with E-state index in [4.69, 9.17) is 17.0 Å². The van der Waals surface area contributed by atoms with Gasteiger partial charge in [0.2, 0.25) is 11.8 Å². The summed E-state index contributed by atoms with van der Waals surface area (Å²) in [5, 5.41) is 8.60. The topological polar surface area (TPSA) is 79.5 Å². The zero-order valence-corrected chi connectivity index (χ0v) is 19.0. The maximum absolute atomic E-state index is 12.3. The molecule has 0 saturated carbocycles. The van der Waals surface area contributed by atoms with Gasteiger partial charge >= 0.3 is 0 Å². The van der Waals surface area contributed by atoms with Crippen molar-refractivity contribution in [1.29, 1.82) is 0 Å². The van der Waals surface area contributed by atoms with E-state index in [0.29, 0.717) is 24.2 Å². The molecule has 0 bridgehead atoms. The fourth-order valence-electron chi connectivity index (χ4n) is 3.00. The van der Waals surface area contributed by atoms with Crippen molar-refractivity contribution in [3.63, 3.8) is 0 Å². The molecule has 33 heavy (non-hydrogen) atoms. The molecule has 6 nitrogen and oxygen atoms in total. The number of anilines is 2. The number of aryl methyl sites for hydroxylation is 1. The van der Waals surface area contributed by atoms with Crippen LogP contribution in [0.3, 0.4) is 0 Å². The Morgan fingerprint density at radius 1 is 0.909 bits per heavy atom. The number of amides is 2. The van der Waals surface area contributed by atoms with Gasteiger partial charge in [0.1, 0.15) is 5.75 Å². The third-order valence-corrected chi connectivity index (χ3v) is 4.87. The van der Waals surface area contributed by atoms with Crippen LogP contribution in [-0.4, -0.2) is 24.0 Å². The summed E-state index contributed by atoms with van der Waals surface area (Å²) >= 11 is 5.22. The quantitative estimate of drug-likeness (QED) is 0.333. The van der Waals surface area contributed by atoms with Gasteiger partial charge in [0.15, 0.2) is 5.11 Å². The molecule has 0 aromatic heterocycles. The van der Waals surface area contributed by atoms with Crippen LogP contribution < -0.4 is 20.7 Å². The molecule has 0 saturated heterocycles. The average Bonchev–Trinajstić information content (AvgIpc) is 2.82. The summed E-state index contributed by atoms with van der Waals surface area (Å²) in [4.78, 5) is 24.4. The van der Waals surface area contributed by atoms with Crippen LogP contribution in [0.2, 0.25) is 0 Å². The lowest BCUT2D eigenvalue weighted by molar-refractivity contribution is -0.116. The van der Waals surface area contributed by atoms with Crippen LogP contribution in [0.25, 0.3) is 6.08 Å². The maximum Gasteiger partial charge on any atom is 0.250 e. The van der Waals surface area contributed by atoms with Crippen LogP contribution in [0.1, 0.15) is 17.5 Å². The van der Waals surface area contributed by atoms with Gasteiger partial charge in [0.25, 0.3) is 0 Å². The van der Waals surface area contributed by atoms with Gasteiger partial charge in [0, 0.05) is 23.9 Å². The predicted octanol–water partition coefficient (Wildman–Crippen LogP) is 4.79. The minimum absolute atomic E-state index is 0.0736. The van der Waals surface area contributed by atoms with Crippen molar-refractivity contribution in [3.05, 3.63) is 96.1 Å². The molecule has 0 aliphatic rings. The van der Waals surface area contributed by atoms with Crippen molar-refractivity contribution in [2.24, 2.45) is 0 Å². The molecular formula is C26H25N3O3S. The summed E-state index contributed by atoms with van der Waals surface area (Å²) in [5.41, 5.74) is 3.28. The van der Waals surface area contributed by atoms with Crippen molar-refractivity contribution in [3.8, 4) is 5.75 Å². The zero-order chi connectivity index (χ0) is 23.5. The van der Waals surface area contributed by atoms with E-state index < -0.39 is 0 Å². The molecule has 3 aromatic rings. The predicted molar refractivity (Wildman–Crippen MR) is 136 cm³/mol. The lowest BCUT2D eigenvalue weighted by Gasteiger charge is -2.11. The van der Waals surface area contributed by atoms with Crippen LogP contribution in [0.4, 0.5) is 11.4 Å². The van der Waals surface area contributed by atoms with E-state index in [-0.39, 0.29) is 16.9 Å². The summed E-state index contributed by atoms with van der Waals surface area (Å²) in [6.07, 6.45) is 4.14. The highest BCUT2D eigenvalue weighted by molar-refractivity contribution is 7.80. The van der Waals surface area contributed by atoms with Crippen molar-refractivity contribution in [2.75, 3.05) is 17.7 Å². The zero-order valence-electron chi connectivity index (χ0n) is 18.2. The van der Waals surface area contributed by atoms with Gasteiger partial charge < -0.3 is 15.4 Å². The Hall–Kier alpha value is -3.97. The van der Waals surface area contributed by atoms with Crippen LogP contribution in [0.15, 0.2) is 84.9 Å². The number of benzene rings is 3. The highest BCUT2D eigenvalue weighted by Crippen LogP contribution is 2.16. The number of carbonyl (C=O) groups excluding carboxylic acids is 2. The van der Waals surface area contributed by atoms with E-state index in [1.165, 1.54) is 6.08 Å². The number of hydrogen-bond acceptors (Lipinski definition) is 4. The fourth-order valence-corrected chi connectivity index (χ4v) is 3.22. The molecule has 7 heteroatoms. The molecule has 3 aromatic carbocycles. The number of hydrogen-bond donors (Lipinski definition) is 3. The molecule has 0 fully saturated rings. The number of nitrogens with one attached hydrogen (secondary N) is 3. The lowest BCUT2D eigenvalue weighted by Crippen LogP contribution is -2.32. The van der Waals surface area contributed by atoms with Gasteiger partial charge in [-0.15, -0.1) is 0 Å². The second kappa shape index (κ2) is 12.2. The Morgan fingerprint density at radius 2 is 1.61 bits per heavy atom. The van der Waals surface area contributed by atoms with Crippen LogP contribution >= 0.6 is 12.2 Å². The van der Waals surface area contributed by atoms with Gasteiger partial charge in [0.05, 0.1) is 7.11 Å². The Balaban J connectivity index is 1.47. The summed E-state index contributed by atoms with van der Waals surface area (Å²) < 4.78 is 5.11. The van der Waals surface area contributed by atoms with Crippen LogP contribution in [0.5, 0.6) is 5.75 Å². The fraction of sp³-hybridized carbons (Fsp3) is 0.115. The molecule has 168 valence electrons. The molecule has 0 atom stereocenters. The summed E-state index contributed by atoms with van der Waals surface area (Å²) in [6.45, 7) is 0. The summed E-state index contributed by atoms with van der Waals surface area (Å²) in [5.74, 6) is 0.320. The third kappa shape index (κ3) is 8.23. The molecule has 3 N–H and O–H groups in total. The van der Waals surface area contributed by atoms with Gasteiger partial charge in [-0.3, -0.25) is 14.9 Å². The SMILES string of the molecule is COc1ccc(/C=C/C(=O)NC(=S)Nc2cccc(NC(=O)CCc3ccccc3)c2)cc1. The number of thiocarbonyl (C=S) groups is 1.